The van der Waals surface area contributed by atoms with Gasteiger partial charge in [-0.2, -0.15) is 0 Å². The molecule has 0 radical (unpaired) electrons. The highest BCUT2D eigenvalue weighted by atomic mass is 16.4. The second-order valence-corrected chi connectivity index (χ2v) is 5.05. The number of hydrogen-bond donors (Lipinski definition) is 2. The van der Waals surface area contributed by atoms with Gasteiger partial charge in [0.15, 0.2) is 0 Å². The lowest BCUT2D eigenvalue weighted by Crippen LogP contribution is -2.43. The molecule has 1 aromatic heterocycles. The van der Waals surface area contributed by atoms with Crippen LogP contribution in [0.4, 0.5) is 0 Å². The zero-order valence-electron chi connectivity index (χ0n) is 11.8. The van der Waals surface area contributed by atoms with Gasteiger partial charge < -0.3 is 10.4 Å². The first-order valence-corrected chi connectivity index (χ1v) is 6.93. The SMILES string of the molecule is CCC(C)NC(Cc1nccc2ccccc12)C(=O)O. The predicted octanol–water partition coefficient (Wildman–Crippen LogP) is 2.62. The minimum atomic E-state index is -0.833. The fourth-order valence-electron chi connectivity index (χ4n) is 2.22. The van der Waals surface area contributed by atoms with E-state index in [0.717, 1.165) is 22.9 Å². The second-order valence-electron chi connectivity index (χ2n) is 5.05. The van der Waals surface area contributed by atoms with Crippen molar-refractivity contribution in [2.75, 3.05) is 0 Å². The highest BCUT2D eigenvalue weighted by molar-refractivity contribution is 5.85. The summed E-state index contributed by atoms with van der Waals surface area (Å²) >= 11 is 0. The number of aliphatic carboxylic acids is 1. The van der Waals surface area contributed by atoms with Crippen molar-refractivity contribution in [1.29, 1.82) is 0 Å². The van der Waals surface area contributed by atoms with E-state index in [1.54, 1.807) is 6.20 Å². The standard InChI is InChI=1S/C16H20N2O2/c1-3-11(2)18-15(16(19)20)10-14-13-7-5-4-6-12(13)8-9-17-14/h4-9,11,15,18H,3,10H2,1-2H3,(H,19,20). The van der Waals surface area contributed by atoms with Gasteiger partial charge in [-0.1, -0.05) is 31.2 Å². The average Bonchev–Trinajstić information content (AvgIpc) is 2.46. The van der Waals surface area contributed by atoms with Crippen molar-refractivity contribution in [3.05, 3.63) is 42.2 Å². The van der Waals surface area contributed by atoms with Gasteiger partial charge in [0.2, 0.25) is 0 Å². The average molecular weight is 272 g/mol. The number of hydrogen-bond acceptors (Lipinski definition) is 3. The third kappa shape index (κ3) is 3.33. The molecule has 0 amide bonds. The molecule has 2 atom stereocenters. The fraction of sp³-hybridized carbons (Fsp3) is 0.375. The fourth-order valence-corrected chi connectivity index (χ4v) is 2.22. The van der Waals surface area contributed by atoms with E-state index in [4.69, 9.17) is 0 Å². The van der Waals surface area contributed by atoms with Crippen molar-refractivity contribution in [3.8, 4) is 0 Å². The molecule has 1 heterocycles. The molecule has 2 rings (SSSR count). The van der Waals surface area contributed by atoms with E-state index in [1.165, 1.54) is 0 Å². The molecule has 4 nitrogen and oxygen atoms in total. The van der Waals surface area contributed by atoms with Crippen LogP contribution in [0.2, 0.25) is 0 Å². The molecule has 106 valence electrons. The van der Waals surface area contributed by atoms with Crippen LogP contribution in [0.25, 0.3) is 10.8 Å². The molecule has 2 aromatic rings. The molecule has 0 aliphatic carbocycles. The van der Waals surface area contributed by atoms with Crippen molar-refractivity contribution in [1.82, 2.24) is 10.3 Å². The van der Waals surface area contributed by atoms with Crippen molar-refractivity contribution >= 4 is 16.7 Å². The number of aromatic nitrogens is 1. The molecule has 20 heavy (non-hydrogen) atoms. The van der Waals surface area contributed by atoms with E-state index < -0.39 is 12.0 Å². The number of nitrogens with zero attached hydrogens (tertiary/aromatic N) is 1. The van der Waals surface area contributed by atoms with Gasteiger partial charge in [-0.05, 0) is 24.8 Å². The lowest BCUT2D eigenvalue weighted by atomic mass is 10.0. The first-order chi connectivity index (χ1) is 9.61. The lowest BCUT2D eigenvalue weighted by molar-refractivity contribution is -0.139. The molecule has 0 aliphatic rings. The highest BCUT2D eigenvalue weighted by Gasteiger charge is 2.20. The maximum Gasteiger partial charge on any atom is 0.321 e. The molecule has 2 unspecified atom stereocenters. The Morgan fingerprint density at radius 3 is 2.80 bits per heavy atom. The second kappa shape index (κ2) is 6.48. The van der Waals surface area contributed by atoms with Gasteiger partial charge in [-0.25, -0.2) is 0 Å². The van der Waals surface area contributed by atoms with Gasteiger partial charge in [-0.15, -0.1) is 0 Å². The van der Waals surface area contributed by atoms with Crippen LogP contribution in [-0.2, 0) is 11.2 Å². The van der Waals surface area contributed by atoms with E-state index in [-0.39, 0.29) is 6.04 Å². The number of rotatable bonds is 6. The van der Waals surface area contributed by atoms with Crippen molar-refractivity contribution in [3.63, 3.8) is 0 Å². The molecule has 2 N–H and O–H groups in total. The van der Waals surface area contributed by atoms with Gasteiger partial charge in [0.05, 0.1) is 5.69 Å². The largest absolute Gasteiger partial charge is 0.480 e. The Balaban J connectivity index is 2.26. The lowest BCUT2D eigenvalue weighted by Gasteiger charge is -2.19. The zero-order chi connectivity index (χ0) is 14.5. The summed E-state index contributed by atoms with van der Waals surface area (Å²) in [4.78, 5) is 15.8. The predicted molar refractivity (Wildman–Crippen MR) is 79.8 cm³/mol. The van der Waals surface area contributed by atoms with Crippen LogP contribution in [-0.4, -0.2) is 28.1 Å². The Hall–Kier alpha value is -1.94. The number of benzene rings is 1. The Kier molecular flexibility index (Phi) is 4.69. The van der Waals surface area contributed by atoms with E-state index in [0.29, 0.717) is 6.42 Å². The molecule has 0 saturated carbocycles. The molecular formula is C16H20N2O2. The summed E-state index contributed by atoms with van der Waals surface area (Å²) in [5.41, 5.74) is 0.825. The molecular weight excluding hydrogens is 252 g/mol. The molecule has 1 aromatic carbocycles. The molecule has 4 heteroatoms. The number of carbonyl (C=O) groups is 1. The van der Waals surface area contributed by atoms with Crippen LogP contribution in [0.15, 0.2) is 36.5 Å². The number of fused-ring (bicyclic) bond motifs is 1. The van der Waals surface area contributed by atoms with Gasteiger partial charge in [-0.3, -0.25) is 9.78 Å². The number of pyridine rings is 1. The molecule has 0 fully saturated rings. The minimum Gasteiger partial charge on any atom is -0.480 e. The summed E-state index contributed by atoms with van der Waals surface area (Å²) in [5.74, 6) is -0.833. The van der Waals surface area contributed by atoms with E-state index in [2.05, 4.69) is 10.3 Å². The molecule has 0 saturated heterocycles. The summed E-state index contributed by atoms with van der Waals surface area (Å²) in [5, 5.41) is 14.6. The Bertz CT molecular complexity index is 593. The van der Waals surface area contributed by atoms with Crippen molar-refractivity contribution in [2.45, 2.75) is 38.8 Å². The normalized spacial score (nSPS) is 14.1. The van der Waals surface area contributed by atoms with Crippen LogP contribution < -0.4 is 5.32 Å². The first-order valence-electron chi connectivity index (χ1n) is 6.93. The third-order valence-electron chi connectivity index (χ3n) is 3.55. The Morgan fingerprint density at radius 1 is 1.35 bits per heavy atom. The van der Waals surface area contributed by atoms with Gasteiger partial charge in [0.1, 0.15) is 6.04 Å². The number of carboxylic acids is 1. The summed E-state index contributed by atoms with van der Waals surface area (Å²) in [7, 11) is 0. The van der Waals surface area contributed by atoms with Crippen LogP contribution in [0.3, 0.4) is 0 Å². The summed E-state index contributed by atoms with van der Waals surface area (Å²) in [6.07, 6.45) is 3.02. The van der Waals surface area contributed by atoms with Crippen LogP contribution >= 0.6 is 0 Å². The van der Waals surface area contributed by atoms with Gasteiger partial charge in [0.25, 0.3) is 0 Å². The number of nitrogens with one attached hydrogen (secondary N) is 1. The maximum atomic E-state index is 11.4. The van der Waals surface area contributed by atoms with Crippen LogP contribution in [0, 0.1) is 0 Å². The monoisotopic (exact) mass is 272 g/mol. The summed E-state index contributed by atoms with van der Waals surface area (Å²) < 4.78 is 0. The topological polar surface area (TPSA) is 62.2 Å². The zero-order valence-corrected chi connectivity index (χ0v) is 11.8. The Morgan fingerprint density at radius 2 is 2.10 bits per heavy atom. The molecule has 0 aliphatic heterocycles. The van der Waals surface area contributed by atoms with Gasteiger partial charge in [0, 0.05) is 24.0 Å². The molecule has 0 bridgehead atoms. The van der Waals surface area contributed by atoms with E-state index in [9.17, 15) is 9.90 Å². The quantitative estimate of drug-likeness (QED) is 0.848. The number of carboxylic acid groups (broad SMARTS) is 1. The smallest absolute Gasteiger partial charge is 0.321 e. The molecule has 0 spiro atoms. The van der Waals surface area contributed by atoms with Gasteiger partial charge >= 0.3 is 5.97 Å². The van der Waals surface area contributed by atoms with Crippen LogP contribution in [0.1, 0.15) is 26.0 Å². The van der Waals surface area contributed by atoms with E-state index >= 15 is 0 Å². The first kappa shape index (κ1) is 14.5. The highest BCUT2D eigenvalue weighted by Crippen LogP contribution is 2.17. The maximum absolute atomic E-state index is 11.4. The summed E-state index contributed by atoms with van der Waals surface area (Å²) in [6.45, 7) is 4.03. The van der Waals surface area contributed by atoms with E-state index in [1.807, 2.05) is 44.2 Å². The van der Waals surface area contributed by atoms with Crippen molar-refractivity contribution < 1.29 is 9.90 Å². The van der Waals surface area contributed by atoms with Crippen molar-refractivity contribution in [2.24, 2.45) is 0 Å². The summed E-state index contributed by atoms with van der Waals surface area (Å²) in [6, 6.07) is 9.42. The Labute approximate surface area is 118 Å². The third-order valence-corrected chi connectivity index (χ3v) is 3.55. The van der Waals surface area contributed by atoms with Crippen LogP contribution in [0.5, 0.6) is 0 Å². The minimum absolute atomic E-state index is 0.172.